The fourth-order valence-corrected chi connectivity index (χ4v) is 6.18. The van der Waals surface area contributed by atoms with Gasteiger partial charge in [-0.3, -0.25) is 4.79 Å². The predicted molar refractivity (Wildman–Crippen MR) is 94.7 cm³/mol. The first-order chi connectivity index (χ1) is 11.5. The van der Waals surface area contributed by atoms with Crippen molar-refractivity contribution in [1.29, 1.82) is 0 Å². The molecule has 1 aromatic heterocycles. The lowest BCUT2D eigenvalue weighted by molar-refractivity contribution is -0.143. The van der Waals surface area contributed by atoms with Crippen LogP contribution in [0.5, 0.6) is 0 Å². The van der Waals surface area contributed by atoms with Gasteiger partial charge < -0.3 is 9.47 Å². The Kier molecular flexibility index (Phi) is 2.92. The van der Waals surface area contributed by atoms with Crippen molar-refractivity contribution in [2.75, 3.05) is 11.9 Å². The topological polar surface area (TPSA) is 38.1 Å². The van der Waals surface area contributed by atoms with Crippen LogP contribution in [0, 0.1) is 23.2 Å². The second-order valence-corrected chi connectivity index (χ2v) is 8.59. The molecule has 0 saturated heterocycles. The van der Waals surface area contributed by atoms with E-state index in [0.29, 0.717) is 5.91 Å². The van der Waals surface area contributed by atoms with Gasteiger partial charge in [0.1, 0.15) is 0 Å². The van der Waals surface area contributed by atoms with Crippen molar-refractivity contribution in [1.82, 2.24) is 9.55 Å². The highest BCUT2D eigenvalue weighted by molar-refractivity contribution is 5.98. The first-order valence-electron chi connectivity index (χ1n) is 9.23. The van der Waals surface area contributed by atoms with Gasteiger partial charge in [0.2, 0.25) is 5.91 Å². The lowest BCUT2D eigenvalue weighted by atomic mass is 9.49. The van der Waals surface area contributed by atoms with Crippen LogP contribution in [0.1, 0.15) is 38.5 Å². The molecule has 1 aromatic carbocycles. The number of hydrogen-bond donors (Lipinski definition) is 0. The third-order valence-electron chi connectivity index (χ3n) is 6.89. The molecule has 2 aromatic rings. The van der Waals surface area contributed by atoms with Gasteiger partial charge in [-0.1, -0.05) is 0 Å². The maximum atomic E-state index is 13.4. The number of nitrogens with zero attached hydrogens (tertiary/aromatic N) is 3. The Labute approximate surface area is 142 Å². The van der Waals surface area contributed by atoms with Gasteiger partial charge >= 0.3 is 0 Å². The van der Waals surface area contributed by atoms with E-state index in [4.69, 9.17) is 0 Å². The fraction of sp³-hybridized carbons (Fsp3) is 0.600. The minimum atomic E-state index is -0.0808. The van der Waals surface area contributed by atoms with Crippen LogP contribution in [0.25, 0.3) is 11.0 Å². The smallest absolute Gasteiger partial charge is 0.232 e. The van der Waals surface area contributed by atoms with Crippen LogP contribution < -0.4 is 4.90 Å². The van der Waals surface area contributed by atoms with Crippen LogP contribution in [-0.4, -0.2) is 22.5 Å². The van der Waals surface area contributed by atoms with Crippen molar-refractivity contribution >= 4 is 22.6 Å². The molecule has 4 bridgehead atoms. The normalized spacial score (nSPS) is 34.0. The number of carbonyl (C=O) groups excluding carboxylic acids is 1. The SMILES string of the molecule is CN(C(=O)C12CC3CC(CC(C3)C1)C2)c1ccc2c(c1)ncn2C. The molecule has 4 nitrogen and oxygen atoms in total. The van der Waals surface area contributed by atoms with Crippen molar-refractivity contribution in [2.24, 2.45) is 30.2 Å². The molecule has 1 heterocycles. The minimum Gasteiger partial charge on any atom is -0.334 e. The largest absolute Gasteiger partial charge is 0.334 e. The van der Waals surface area contributed by atoms with Crippen LogP contribution in [0.4, 0.5) is 5.69 Å². The Balaban J connectivity index is 1.47. The summed E-state index contributed by atoms with van der Waals surface area (Å²) in [5, 5.41) is 0. The van der Waals surface area contributed by atoms with E-state index in [1.807, 2.05) is 36.0 Å². The zero-order valence-corrected chi connectivity index (χ0v) is 14.5. The second-order valence-electron chi connectivity index (χ2n) is 8.59. The molecule has 0 spiro atoms. The van der Waals surface area contributed by atoms with Gasteiger partial charge in [0.25, 0.3) is 0 Å². The van der Waals surface area contributed by atoms with Gasteiger partial charge in [0.15, 0.2) is 0 Å². The molecule has 4 fully saturated rings. The lowest BCUT2D eigenvalue weighted by Crippen LogP contribution is -2.54. The molecule has 0 unspecified atom stereocenters. The first-order valence-corrected chi connectivity index (χ1v) is 9.23. The number of anilines is 1. The molecule has 4 saturated carbocycles. The van der Waals surface area contributed by atoms with E-state index in [2.05, 4.69) is 17.1 Å². The molecule has 4 aliphatic carbocycles. The molecular weight excluding hydrogens is 298 g/mol. The van der Waals surface area contributed by atoms with Crippen LogP contribution in [-0.2, 0) is 11.8 Å². The summed E-state index contributed by atoms with van der Waals surface area (Å²) in [6.45, 7) is 0. The molecule has 6 rings (SSSR count). The van der Waals surface area contributed by atoms with Crippen LogP contribution in [0.15, 0.2) is 24.5 Å². The van der Waals surface area contributed by atoms with Gasteiger partial charge in [-0.05, 0) is 74.5 Å². The molecule has 0 radical (unpaired) electrons. The maximum absolute atomic E-state index is 13.4. The van der Waals surface area contributed by atoms with Crippen molar-refractivity contribution in [3.8, 4) is 0 Å². The number of aryl methyl sites for hydroxylation is 1. The van der Waals surface area contributed by atoms with E-state index in [1.165, 1.54) is 19.3 Å². The number of aromatic nitrogens is 2. The van der Waals surface area contributed by atoms with E-state index in [0.717, 1.165) is 53.7 Å². The van der Waals surface area contributed by atoms with Crippen molar-refractivity contribution in [3.63, 3.8) is 0 Å². The van der Waals surface area contributed by atoms with Crippen molar-refractivity contribution < 1.29 is 4.79 Å². The van der Waals surface area contributed by atoms with Gasteiger partial charge in [-0.25, -0.2) is 4.98 Å². The van der Waals surface area contributed by atoms with E-state index in [1.54, 1.807) is 0 Å². The Morgan fingerprint density at radius 2 is 1.79 bits per heavy atom. The van der Waals surface area contributed by atoms with Crippen LogP contribution >= 0.6 is 0 Å². The maximum Gasteiger partial charge on any atom is 0.232 e. The minimum absolute atomic E-state index is 0.0808. The van der Waals surface area contributed by atoms with E-state index in [9.17, 15) is 4.79 Å². The molecule has 4 aliphatic rings. The van der Waals surface area contributed by atoms with E-state index >= 15 is 0 Å². The summed E-state index contributed by atoms with van der Waals surface area (Å²) in [6.07, 6.45) is 9.30. The van der Waals surface area contributed by atoms with E-state index in [-0.39, 0.29) is 5.41 Å². The van der Waals surface area contributed by atoms with Gasteiger partial charge in [-0.2, -0.15) is 0 Å². The summed E-state index contributed by atoms with van der Waals surface area (Å²) >= 11 is 0. The molecular formula is C20H25N3O. The quantitative estimate of drug-likeness (QED) is 0.844. The highest BCUT2D eigenvalue weighted by Gasteiger charge is 2.55. The predicted octanol–water partition coefficient (Wildman–Crippen LogP) is 3.75. The number of benzene rings is 1. The van der Waals surface area contributed by atoms with Gasteiger partial charge in [-0.15, -0.1) is 0 Å². The third-order valence-corrected chi connectivity index (χ3v) is 6.89. The Morgan fingerprint density at radius 3 is 2.42 bits per heavy atom. The number of hydrogen-bond acceptors (Lipinski definition) is 2. The zero-order chi connectivity index (χ0) is 16.5. The average molecular weight is 323 g/mol. The van der Waals surface area contributed by atoms with Gasteiger partial charge in [0.05, 0.1) is 22.8 Å². The summed E-state index contributed by atoms with van der Waals surface area (Å²) in [6, 6.07) is 6.18. The van der Waals surface area contributed by atoms with Crippen LogP contribution in [0.3, 0.4) is 0 Å². The number of imidazole rings is 1. The molecule has 4 heteroatoms. The summed E-state index contributed by atoms with van der Waals surface area (Å²) in [7, 11) is 3.95. The highest BCUT2D eigenvalue weighted by Crippen LogP contribution is 2.60. The lowest BCUT2D eigenvalue weighted by Gasteiger charge is -2.56. The number of carbonyl (C=O) groups is 1. The summed E-state index contributed by atoms with van der Waals surface area (Å²) in [4.78, 5) is 19.8. The molecule has 1 amide bonds. The molecule has 0 atom stereocenters. The monoisotopic (exact) mass is 323 g/mol. The summed E-state index contributed by atoms with van der Waals surface area (Å²) in [5.41, 5.74) is 2.96. The number of fused-ring (bicyclic) bond motifs is 1. The molecule has 0 N–H and O–H groups in total. The Morgan fingerprint density at radius 1 is 1.17 bits per heavy atom. The number of rotatable bonds is 2. The second kappa shape index (κ2) is 4.84. The Hall–Kier alpha value is -1.84. The average Bonchev–Trinajstić information content (AvgIpc) is 2.93. The standard InChI is InChI=1S/C20H25N3O/c1-22-12-21-17-8-16(3-4-18(17)22)23(2)19(24)20-9-13-5-14(10-20)7-15(6-13)11-20/h3-4,8,12-15H,5-7,9-11H2,1-2H3. The van der Waals surface area contributed by atoms with Gasteiger partial charge in [0, 0.05) is 19.8 Å². The van der Waals surface area contributed by atoms with Crippen molar-refractivity contribution in [2.45, 2.75) is 38.5 Å². The fourth-order valence-electron chi connectivity index (χ4n) is 6.18. The summed E-state index contributed by atoms with van der Waals surface area (Å²) < 4.78 is 2.01. The van der Waals surface area contributed by atoms with E-state index < -0.39 is 0 Å². The molecule has 0 aliphatic heterocycles. The Bertz CT molecular complexity index is 786. The summed E-state index contributed by atoms with van der Waals surface area (Å²) in [5.74, 6) is 2.74. The third kappa shape index (κ3) is 1.98. The molecule has 126 valence electrons. The van der Waals surface area contributed by atoms with Crippen molar-refractivity contribution in [3.05, 3.63) is 24.5 Å². The first kappa shape index (κ1) is 14.5. The van der Waals surface area contributed by atoms with Crippen LogP contribution in [0.2, 0.25) is 0 Å². The highest BCUT2D eigenvalue weighted by atomic mass is 16.2. The zero-order valence-electron chi connectivity index (χ0n) is 14.5. The molecule has 24 heavy (non-hydrogen) atoms. The number of amides is 1.